The summed E-state index contributed by atoms with van der Waals surface area (Å²) in [7, 11) is 0. The van der Waals surface area contributed by atoms with Gasteiger partial charge in [-0.1, -0.05) is 43.3 Å². The molecule has 2 amide bonds. The number of carbonyl (C=O) groups is 2. The third kappa shape index (κ3) is 4.42. The molecule has 0 heterocycles. The Bertz CT molecular complexity index is 459. The van der Waals surface area contributed by atoms with Gasteiger partial charge in [0.2, 0.25) is 0 Å². The number of carboxylic acids is 1. The summed E-state index contributed by atoms with van der Waals surface area (Å²) in [6, 6.07) is 7.19. The van der Waals surface area contributed by atoms with E-state index in [2.05, 4.69) is 11.9 Å². The van der Waals surface area contributed by atoms with Crippen molar-refractivity contribution in [3.05, 3.63) is 48.6 Å². The van der Waals surface area contributed by atoms with E-state index in [1.807, 2.05) is 6.92 Å². The van der Waals surface area contributed by atoms with E-state index in [4.69, 9.17) is 0 Å². The number of benzene rings is 1. The quantitative estimate of drug-likeness (QED) is 0.751. The van der Waals surface area contributed by atoms with Gasteiger partial charge in [-0.25, -0.2) is 9.59 Å². The molecule has 0 saturated heterocycles. The Balaban J connectivity index is 2.82. The SMILES string of the molecule is C=CCN(CCC)C(=O)NC(C(=O)O)c1ccccc1. The van der Waals surface area contributed by atoms with E-state index in [0.717, 1.165) is 6.42 Å². The number of hydrogen-bond acceptors (Lipinski definition) is 2. The minimum Gasteiger partial charge on any atom is -0.479 e. The second-order valence-electron chi connectivity index (χ2n) is 4.37. The number of hydrogen-bond donors (Lipinski definition) is 2. The number of carboxylic acid groups (broad SMARTS) is 1. The van der Waals surface area contributed by atoms with Crippen LogP contribution in [-0.4, -0.2) is 35.1 Å². The summed E-state index contributed by atoms with van der Waals surface area (Å²) < 4.78 is 0. The van der Waals surface area contributed by atoms with Gasteiger partial charge in [0.15, 0.2) is 6.04 Å². The zero-order valence-electron chi connectivity index (χ0n) is 11.6. The van der Waals surface area contributed by atoms with E-state index in [0.29, 0.717) is 18.7 Å². The predicted molar refractivity (Wildman–Crippen MR) is 77.4 cm³/mol. The molecule has 0 bridgehead atoms. The molecule has 1 aromatic rings. The second kappa shape index (κ2) is 7.99. The number of aliphatic carboxylic acids is 1. The molecular weight excluding hydrogens is 256 g/mol. The first kappa shape index (κ1) is 15.8. The summed E-state index contributed by atoms with van der Waals surface area (Å²) in [4.78, 5) is 25.0. The van der Waals surface area contributed by atoms with Crippen LogP contribution in [0.5, 0.6) is 0 Å². The van der Waals surface area contributed by atoms with Gasteiger partial charge in [-0.05, 0) is 12.0 Å². The predicted octanol–water partition coefficient (Wildman–Crippen LogP) is 2.42. The molecule has 108 valence electrons. The van der Waals surface area contributed by atoms with Crippen LogP contribution in [0.15, 0.2) is 43.0 Å². The molecule has 0 radical (unpaired) electrons. The van der Waals surface area contributed by atoms with Crippen LogP contribution in [-0.2, 0) is 4.79 Å². The normalized spacial score (nSPS) is 11.4. The Hall–Kier alpha value is -2.30. The highest BCUT2D eigenvalue weighted by molar-refractivity contribution is 5.83. The molecular formula is C15H20N2O3. The highest BCUT2D eigenvalue weighted by Crippen LogP contribution is 2.13. The number of urea groups is 1. The Kier molecular flexibility index (Phi) is 6.29. The van der Waals surface area contributed by atoms with E-state index >= 15 is 0 Å². The van der Waals surface area contributed by atoms with Crippen LogP contribution in [0.4, 0.5) is 4.79 Å². The lowest BCUT2D eigenvalue weighted by Crippen LogP contribution is -2.44. The fraction of sp³-hybridized carbons (Fsp3) is 0.333. The van der Waals surface area contributed by atoms with E-state index in [9.17, 15) is 14.7 Å². The van der Waals surface area contributed by atoms with E-state index < -0.39 is 18.0 Å². The Morgan fingerprint density at radius 3 is 2.55 bits per heavy atom. The average molecular weight is 276 g/mol. The first-order valence-corrected chi connectivity index (χ1v) is 6.54. The summed E-state index contributed by atoms with van der Waals surface area (Å²) in [5.74, 6) is -1.08. The molecule has 1 unspecified atom stereocenters. The van der Waals surface area contributed by atoms with Crippen molar-refractivity contribution in [1.82, 2.24) is 10.2 Å². The fourth-order valence-corrected chi connectivity index (χ4v) is 1.85. The minimum atomic E-state index is -1.08. The van der Waals surface area contributed by atoms with Crippen molar-refractivity contribution < 1.29 is 14.7 Å². The molecule has 1 aromatic carbocycles. The number of carbonyl (C=O) groups excluding carboxylic acids is 1. The molecule has 0 aliphatic rings. The van der Waals surface area contributed by atoms with Crippen LogP contribution in [0.2, 0.25) is 0 Å². The zero-order chi connectivity index (χ0) is 15.0. The lowest BCUT2D eigenvalue weighted by atomic mass is 10.1. The van der Waals surface area contributed by atoms with Crippen molar-refractivity contribution in [1.29, 1.82) is 0 Å². The summed E-state index contributed by atoms with van der Waals surface area (Å²) in [6.07, 6.45) is 2.41. The molecule has 0 aliphatic heterocycles. The maximum atomic E-state index is 12.1. The van der Waals surface area contributed by atoms with Crippen molar-refractivity contribution in [2.24, 2.45) is 0 Å². The molecule has 2 N–H and O–H groups in total. The monoisotopic (exact) mass is 276 g/mol. The van der Waals surface area contributed by atoms with Crippen LogP contribution in [0.3, 0.4) is 0 Å². The highest BCUT2D eigenvalue weighted by atomic mass is 16.4. The Labute approximate surface area is 118 Å². The minimum absolute atomic E-state index is 0.390. The first-order chi connectivity index (χ1) is 9.60. The van der Waals surface area contributed by atoms with Crippen molar-refractivity contribution in [3.8, 4) is 0 Å². The number of rotatable bonds is 7. The molecule has 0 saturated carbocycles. The zero-order valence-corrected chi connectivity index (χ0v) is 11.6. The van der Waals surface area contributed by atoms with Crippen LogP contribution < -0.4 is 5.32 Å². The fourth-order valence-electron chi connectivity index (χ4n) is 1.85. The highest BCUT2D eigenvalue weighted by Gasteiger charge is 2.23. The number of nitrogens with zero attached hydrogens (tertiary/aromatic N) is 1. The van der Waals surface area contributed by atoms with Crippen molar-refractivity contribution in [2.75, 3.05) is 13.1 Å². The van der Waals surface area contributed by atoms with Gasteiger partial charge in [-0.2, -0.15) is 0 Å². The van der Waals surface area contributed by atoms with Crippen LogP contribution in [0.25, 0.3) is 0 Å². The topological polar surface area (TPSA) is 69.6 Å². The van der Waals surface area contributed by atoms with Crippen LogP contribution in [0.1, 0.15) is 24.9 Å². The Morgan fingerprint density at radius 1 is 1.40 bits per heavy atom. The molecule has 0 fully saturated rings. The largest absolute Gasteiger partial charge is 0.479 e. The lowest BCUT2D eigenvalue weighted by Gasteiger charge is -2.23. The maximum Gasteiger partial charge on any atom is 0.330 e. The number of amides is 2. The smallest absolute Gasteiger partial charge is 0.330 e. The van der Waals surface area contributed by atoms with E-state index in [1.54, 1.807) is 36.4 Å². The summed E-state index contributed by atoms with van der Waals surface area (Å²) in [6.45, 7) is 6.50. The van der Waals surface area contributed by atoms with Crippen molar-refractivity contribution in [3.63, 3.8) is 0 Å². The lowest BCUT2D eigenvalue weighted by molar-refractivity contribution is -0.139. The molecule has 1 atom stereocenters. The van der Waals surface area contributed by atoms with Gasteiger partial charge in [0, 0.05) is 13.1 Å². The van der Waals surface area contributed by atoms with Gasteiger partial charge in [-0.3, -0.25) is 0 Å². The van der Waals surface area contributed by atoms with Gasteiger partial charge >= 0.3 is 12.0 Å². The maximum absolute atomic E-state index is 12.1. The van der Waals surface area contributed by atoms with Crippen molar-refractivity contribution >= 4 is 12.0 Å². The molecule has 1 rings (SSSR count). The molecule has 0 aromatic heterocycles. The summed E-state index contributed by atoms with van der Waals surface area (Å²) in [5, 5.41) is 11.8. The van der Waals surface area contributed by atoms with Gasteiger partial charge in [-0.15, -0.1) is 6.58 Å². The molecule has 0 spiro atoms. The molecule has 5 nitrogen and oxygen atoms in total. The van der Waals surface area contributed by atoms with Crippen molar-refractivity contribution in [2.45, 2.75) is 19.4 Å². The van der Waals surface area contributed by atoms with Gasteiger partial charge in [0.05, 0.1) is 0 Å². The third-order valence-corrected chi connectivity index (χ3v) is 2.78. The third-order valence-electron chi connectivity index (χ3n) is 2.78. The van der Waals surface area contributed by atoms with Crippen LogP contribution in [0, 0.1) is 0 Å². The first-order valence-electron chi connectivity index (χ1n) is 6.54. The standard InChI is InChI=1S/C15H20N2O3/c1-3-10-17(11-4-2)15(20)16-13(14(18)19)12-8-6-5-7-9-12/h3,5-9,13H,1,4,10-11H2,2H3,(H,16,20)(H,18,19). The van der Waals surface area contributed by atoms with Gasteiger partial charge < -0.3 is 15.3 Å². The molecule has 20 heavy (non-hydrogen) atoms. The molecule has 0 aliphatic carbocycles. The Morgan fingerprint density at radius 2 is 2.05 bits per heavy atom. The summed E-state index contributed by atoms with van der Waals surface area (Å²) >= 11 is 0. The molecule has 5 heteroatoms. The van der Waals surface area contributed by atoms with E-state index in [-0.39, 0.29) is 0 Å². The summed E-state index contributed by atoms with van der Waals surface area (Å²) in [5.41, 5.74) is 0.545. The average Bonchev–Trinajstić information content (AvgIpc) is 2.45. The van der Waals surface area contributed by atoms with E-state index in [1.165, 1.54) is 4.90 Å². The van der Waals surface area contributed by atoms with Gasteiger partial charge in [0.25, 0.3) is 0 Å². The second-order valence-corrected chi connectivity index (χ2v) is 4.37. The van der Waals surface area contributed by atoms with Gasteiger partial charge in [0.1, 0.15) is 0 Å². The number of nitrogens with one attached hydrogen (secondary N) is 1. The van der Waals surface area contributed by atoms with Crippen LogP contribution >= 0.6 is 0 Å².